The highest BCUT2D eigenvalue weighted by atomic mass is 16.7. The summed E-state index contributed by atoms with van der Waals surface area (Å²) in [5, 5.41) is 14.6. The van der Waals surface area contributed by atoms with Crippen LogP contribution in [0.3, 0.4) is 0 Å². The number of aliphatic hydroxyl groups excluding tert-OH is 1. The standard InChI is InChI=1S/C72H77N3O13/c1-77-61-39-37-59(38-40-61)49-84-69-67(86-50-60(41-76)74-75-73)65(81-45-55-29-15-5-16-30-55)66(82-46-56-31-17-6-18-32-56)68(83-47-57-33-19-7-20-34-57)70(69)88-72-71(85-48-58-35-21-8-22-36-58)64(80-44-54-27-13-4-14-28-54)63(79-43-53-25-11-3-12-26-53)62(87-72)51-78-42-52-23-9-2-10-24-52/h2-40,60,62-72,76H,41-51H2,1H3/t60-,62+,63+,64-,65-,66-,67+,68+,69-,70+,71-,72+/m0/s1. The zero-order chi connectivity index (χ0) is 60.4. The smallest absolute Gasteiger partial charge is 0.187 e. The normalized spacial score (nSPS) is 23.0. The molecule has 1 N–H and O–H groups in total. The first kappa shape index (κ1) is 63.4. The van der Waals surface area contributed by atoms with Gasteiger partial charge in [-0.3, -0.25) is 0 Å². The molecule has 1 saturated heterocycles. The summed E-state index contributed by atoms with van der Waals surface area (Å²) in [4.78, 5) is 3.06. The van der Waals surface area contributed by atoms with Crippen molar-refractivity contribution in [2.75, 3.05) is 26.9 Å². The van der Waals surface area contributed by atoms with E-state index in [9.17, 15) is 10.6 Å². The third-order valence-electron chi connectivity index (χ3n) is 15.4. The van der Waals surface area contributed by atoms with Crippen LogP contribution in [0.4, 0.5) is 0 Å². The number of nitrogens with zero attached hydrogens (tertiary/aromatic N) is 3. The predicted molar refractivity (Wildman–Crippen MR) is 331 cm³/mol. The summed E-state index contributed by atoms with van der Waals surface area (Å²) in [6.45, 7) is 0.613. The van der Waals surface area contributed by atoms with Gasteiger partial charge in [-0.15, -0.1) is 0 Å². The highest BCUT2D eigenvalue weighted by Crippen LogP contribution is 2.40. The first-order valence-electron chi connectivity index (χ1n) is 29.9. The van der Waals surface area contributed by atoms with Crippen LogP contribution in [0.25, 0.3) is 10.4 Å². The fraction of sp³-hybridized carbons (Fsp3) is 0.333. The Balaban J connectivity index is 1.13. The molecule has 0 unspecified atom stereocenters. The molecule has 88 heavy (non-hydrogen) atoms. The summed E-state index contributed by atoms with van der Waals surface area (Å²) in [6, 6.07) is 76.0. The second-order valence-electron chi connectivity index (χ2n) is 21.7. The molecule has 8 aromatic carbocycles. The van der Waals surface area contributed by atoms with Crippen molar-refractivity contribution in [1.29, 1.82) is 0 Å². The van der Waals surface area contributed by atoms with Gasteiger partial charge in [0.15, 0.2) is 6.29 Å². The lowest BCUT2D eigenvalue weighted by molar-refractivity contribution is -0.366. The van der Waals surface area contributed by atoms with Gasteiger partial charge in [-0.05, 0) is 62.2 Å². The molecule has 1 aliphatic carbocycles. The fourth-order valence-electron chi connectivity index (χ4n) is 10.9. The van der Waals surface area contributed by atoms with Gasteiger partial charge >= 0.3 is 0 Å². The second kappa shape index (κ2) is 34.2. The molecule has 0 spiro atoms. The van der Waals surface area contributed by atoms with Crippen molar-refractivity contribution in [1.82, 2.24) is 0 Å². The Bertz CT molecular complexity index is 3250. The van der Waals surface area contributed by atoms with Gasteiger partial charge in [-0.25, -0.2) is 0 Å². The van der Waals surface area contributed by atoms with E-state index in [4.69, 9.17) is 56.8 Å². The van der Waals surface area contributed by atoms with Crippen LogP contribution in [0.15, 0.2) is 242 Å². The summed E-state index contributed by atoms with van der Waals surface area (Å²) in [5.74, 6) is 0.674. The molecule has 12 atom stereocenters. The minimum Gasteiger partial charge on any atom is -0.497 e. The number of hydrogen-bond acceptors (Lipinski definition) is 14. The summed E-state index contributed by atoms with van der Waals surface area (Å²) in [7, 11) is 1.62. The van der Waals surface area contributed by atoms with E-state index in [0.717, 1.165) is 44.5 Å². The summed E-state index contributed by atoms with van der Waals surface area (Å²) in [6.07, 6.45) is -11.0. The maximum absolute atomic E-state index is 10.6. The molecule has 1 aliphatic heterocycles. The lowest BCUT2D eigenvalue weighted by Gasteiger charge is -2.52. The maximum atomic E-state index is 10.6. The van der Waals surface area contributed by atoms with Crippen molar-refractivity contribution in [3.8, 4) is 5.75 Å². The molecule has 0 bridgehead atoms. The van der Waals surface area contributed by atoms with Crippen LogP contribution in [0.5, 0.6) is 5.75 Å². The van der Waals surface area contributed by atoms with Gasteiger partial charge in [0.05, 0.1) is 85.8 Å². The van der Waals surface area contributed by atoms with E-state index < -0.39 is 80.0 Å². The monoisotopic (exact) mass is 1190 g/mol. The zero-order valence-electron chi connectivity index (χ0n) is 49.4. The minimum absolute atomic E-state index is 0.0497. The predicted octanol–water partition coefficient (Wildman–Crippen LogP) is 12.5. The lowest BCUT2D eigenvalue weighted by atomic mass is 9.83. The minimum atomic E-state index is -1.27. The van der Waals surface area contributed by atoms with Crippen LogP contribution in [0, 0.1) is 0 Å². The molecule has 2 fully saturated rings. The van der Waals surface area contributed by atoms with Gasteiger partial charge < -0.3 is 61.9 Å². The van der Waals surface area contributed by atoms with E-state index in [-0.39, 0.29) is 66.1 Å². The van der Waals surface area contributed by atoms with Crippen molar-refractivity contribution in [3.63, 3.8) is 0 Å². The SMILES string of the molecule is COc1ccc(CO[C@H]2[C@H](OC[C@H](CO)N=[N+]=[N-])[C@@H](OCc3ccccc3)[C@H](OCc3ccccc3)[C@@H](OCc3ccccc3)[C@H]2O[C@H]2O[C@H](COCc3ccccc3)[C@@H](OCc3ccccc3)[C@H](OCc3ccccc3)[C@@H]2OCc2ccccc2)cc1. The Hall–Kier alpha value is -7.61. The molecule has 8 aromatic rings. The lowest BCUT2D eigenvalue weighted by Crippen LogP contribution is -2.70. The Morgan fingerprint density at radius 3 is 1.05 bits per heavy atom. The molecule has 0 amide bonds. The van der Waals surface area contributed by atoms with Crippen LogP contribution in [-0.2, 0) is 105 Å². The van der Waals surface area contributed by atoms with Gasteiger partial charge in [0.1, 0.15) is 66.8 Å². The van der Waals surface area contributed by atoms with Gasteiger partial charge in [0.2, 0.25) is 0 Å². The average molecular weight is 1190 g/mol. The van der Waals surface area contributed by atoms with E-state index in [1.165, 1.54) is 0 Å². The van der Waals surface area contributed by atoms with E-state index in [2.05, 4.69) is 10.0 Å². The summed E-state index contributed by atoms with van der Waals surface area (Å²) in [5.41, 5.74) is 17.0. The number of aliphatic hydroxyl groups is 1. The Morgan fingerprint density at radius 2 is 0.693 bits per heavy atom. The molecular formula is C72H77N3O13. The first-order chi connectivity index (χ1) is 43.5. The third-order valence-corrected chi connectivity index (χ3v) is 15.4. The van der Waals surface area contributed by atoms with Crippen LogP contribution >= 0.6 is 0 Å². The average Bonchev–Trinajstić information content (AvgIpc) is 1.02. The van der Waals surface area contributed by atoms with E-state index in [1.807, 2.05) is 237 Å². The Morgan fingerprint density at radius 1 is 0.386 bits per heavy atom. The largest absolute Gasteiger partial charge is 0.497 e. The Labute approximate surface area is 515 Å². The number of azide groups is 1. The number of methoxy groups -OCH3 is 1. The van der Waals surface area contributed by atoms with Crippen molar-refractivity contribution in [3.05, 3.63) is 292 Å². The van der Waals surface area contributed by atoms with Gasteiger partial charge in [-0.1, -0.05) is 230 Å². The van der Waals surface area contributed by atoms with E-state index in [1.54, 1.807) is 7.11 Å². The van der Waals surface area contributed by atoms with Crippen molar-refractivity contribution in [2.45, 2.75) is 126 Å². The number of ether oxygens (including phenoxy) is 12. The number of rotatable bonds is 33. The van der Waals surface area contributed by atoms with Crippen molar-refractivity contribution in [2.24, 2.45) is 5.11 Å². The molecule has 10 rings (SSSR count). The Kier molecular flexibility index (Phi) is 24.7. The molecule has 1 saturated carbocycles. The van der Waals surface area contributed by atoms with Gasteiger partial charge in [0, 0.05) is 4.91 Å². The van der Waals surface area contributed by atoms with Crippen LogP contribution < -0.4 is 4.74 Å². The number of hydrogen-bond donors (Lipinski definition) is 1. The molecular weight excluding hydrogens is 1110 g/mol. The van der Waals surface area contributed by atoms with Gasteiger partial charge in [-0.2, -0.15) is 0 Å². The van der Waals surface area contributed by atoms with Gasteiger partial charge in [0.25, 0.3) is 0 Å². The van der Waals surface area contributed by atoms with Crippen molar-refractivity contribution >= 4 is 0 Å². The second-order valence-corrected chi connectivity index (χ2v) is 21.7. The van der Waals surface area contributed by atoms with E-state index in [0.29, 0.717) is 5.75 Å². The summed E-state index contributed by atoms with van der Waals surface area (Å²) >= 11 is 0. The molecule has 16 heteroatoms. The van der Waals surface area contributed by atoms with Crippen molar-refractivity contribution < 1.29 is 61.9 Å². The molecule has 2 aliphatic rings. The highest BCUT2D eigenvalue weighted by Gasteiger charge is 2.58. The molecule has 0 radical (unpaired) electrons. The maximum Gasteiger partial charge on any atom is 0.187 e. The highest BCUT2D eigenvalue weighted by molar-refractivity contribution is 5.27. The quantitative estimate of drug-likeness (QED) is 0.0233. The van der Waals surface area contributed by atoms with E-state index >= 15 is 0 Å². The molecule has 458 valence electrons. The molecule has 16 nitrogen and oxygen atoms in total. The fourth-order valence-corrected chi connectivity index (χ4v) is 10.9. The molecule has 0 aromatic heterocycles. The first-order valence-corrected chi connectivity index (χ1v) is 29.9. The number of benzene rings is 8. The van der Waals surface area contributed by atoms with Crippen LogP contribution in [0.2, 0.25) is 0 Å². The molecule has 1 heterocycles. The van der Waals surface area contributed by atoms with Crippen LogP contribution in [-0.4, -0.2) is 105 Å². The zero-order valence-corrected chi connectivity index (χ0v) is 49.4. The topological polar surface area (TPSA) is 180 Å². The third kappa shape index (κ3) is 18.5. The van der Waals surface area contributed by atoms with Crippen LogP contribution in [0.1, 0.15) is 44.5 Å². The summed E-state index contributed by atoms with van der Waals surface area (Å²) < 4.78 is 85.0.